The van der Waals surface area contributed by atoms with Crippen LogP contribution in [0.4, 0.5) is 0 Å². The maximum absolute atomic E-state index is 12.4. The highest BCUT2D eigenvalue weighted by Gasteiger charge is 2.28. The van der Waals surface area contributed by atoms with Gasteiger partial charge in [-0.1, -0.05) is 31.0 Å². The van der Waals surface area contributed by atoms with E-state index in [2.05, 4.69) is 11.4 Å². The molecule has 0 radical (unpaired) electrons. The van der Waals surface area contributed by atoms with Crippen LogP contribution >= 0.6 is 0 Å². The van der Waals surface area contributed by atoms with Crippen LogP contribution in [-0.4, -0.2) is 30.3 Å². The minimum absolute atomic E-state index is 0.104. The Morgan fingerprint density at radius 3 is 2.91 bits per heavy atom. The molecule has 1 aliphatic heterocycles. The molecule has 3 rings (SSSR count). The van der Waals surface area contributed by atoms with Crippen molar-refractivity contribution in [3.63, 3.8) is 0 Å². The molecule has 3 atom stereocenters. The molecule has 1 aromatic rings. The van der Waals surface area contributed by atoms with Crippen LogP contribution in [0.2, 0.25) is 0 Å². The zero-order valence-electron chi connectivity index (χ0n) is 13.0. The van der Waals surface area contributed by atoms with Crippen LogP contribution in [0, 0.1) is 5.92 Å². The van der Waals surface area contributed by atoms with E-state index < -0.39 is 0 Å². The smallest absolute Gasteiger partial charge is 0.220 e. The molecule has 22 heavy (non-hydrogen) atoms. The Bertz CT molecular complexity index is 517. The minimum atomic E-state index is 0.104. The number of hydrogen-bond donors (Lipinski definition) is 2. The van der Waals surface area contributed by atoms with E-state index in [1.54, 1.807) is 0 Å². The average Bonchev–Trinajstić information content (AvgIpc) is 2.55. The van der Waals surface area contributed by atoms with Crippen LogP contribution in [0.5, 0.6) is 5.75 Å². The number of fused-ring (bicyclic) bond motifs is 1. The third kappa shape index (κ3) is 3.43. The fraction of sp³-hybridized carbons (Fsp3) is 0.611. The van der Waals surface area contributed by atoms with E-state index in [1.165, 1.54) is 0 Å². The summed E-state index contributed by atoms with van der Waals surface area (Å²) in [5.74, 6) is 1.48. The first kappa shape index (κ1) is 15.3. The van der Waals surface area contributed by atoms with E-state index in [9.17, 15) is 9.90 Å². The van der Waals surface area contributed by atoms with Gasteiger partial charge in [0, 0.05) is 25.0 Å². The number of amides is 1. The molecule has 4 nitrogen and oxygen atoms in total. The van der Waals surface area contributed by atoms with Gasteiger partial charge in [-0.25, -0.2) is 0 Å². The summed E-state index contributed by atoms with van der Waals surface area (Å²) in [6, 6.07) is 8.14. The molecule has 0 aromatic heterocycles. The van der Waals surface area contributed by atoms with Crippen molar-refractivity contribution < 1.29 is 14.6 Å². The Morgan fingerprint density at radius 1 is 1.23 bits per heavy atom. The summed E-state index contributed by atoms with van der Waals surface area (Å²) in [6.45, 7) is 0.850. The van der Waals surface area contributed by atoms with Gasteiger partial charge in [0.1, 0.15) is 5.75 Å². The summed E-state index contributed by atoms with van der Waals surface area (Å²) < 4.78 is 5.65. The summed E-state index contributed by atoms with van der Waals surface area (Å²) in [6.07, 6.45) is 5.70. The van der Waals surface area contributed by atoms with E-state index in [0.29, 0.717) is 13.0 Å². The van der Waals surface area contributed by atoms with Crippen molar-refractivity contribution >= 4 is 5.91 Å². The molecule has 0 unspecified atom stereocenters. The van der Waals surface area contributed by atoms with Gasteiger partial charge >= 0.3 is 0 Å². The van der Waals surface area contributed by atoms with Gasteiger partial charge in [-0.05, 0) is 36.8 Å². The first-order valence-corrected chi connectivity index (χ1v) is 8.40. The molecule has 1 fully saturated rings. The maximum Gasteiger partial charge on any atom is 0.220 e. The predicted molar refractivity (Wildman–Crippen MR) is 84.9 cm³/mol. The van der Waals surface area contributed by atoms with Gasteiger partial charge in [0.25, 0.3) is 0 Å². The number of aliphatic hydroxyl groups is 1. The molecule has 120 valence electrons. The number of aliphatic hydroxyl groups excluding tert-OH is 1. The van der Waals surface area contributed by atoms with Crippen LogP contribution in [0.1, 0.15) is 50.0 Å². The lowest BCUT2D eigenvalue weighted by Crippen LogP contribution is -2.43. The first-order valence-electron chi connectivity index (χ1n) is 8.40. The molecule has 0 bridgehead atoms. The number of benzene rings is 1. The lowest BCUT2D eigenvalue weighted by Gasteiger charge is -2.32. The van der Waals surface area contributed by atoms with Gasteiger partial charge in [0.05, 0.1) is 6.61 Å². The molecular weight excluding hydrogens is 278 g/mol. The van der Waals surface area contributed by atoms with Crippen molar-refractivity contribution in [3.8, 4) is 5.75 Å². The van der Waals surface area contributed by atoms with E-state index in [4.69, 9.17) is 4.74 Å². The highest BCUT2D eigenvalue weighted by Crippen LogP contribution is 2.35. The Labute approximate surface area is 131 Å². The van der Waals surface area contributed by atoms with Crippen molar-refractivity contribution in [1.29, 1.82) is 0 Å². The number of nitrogens with one attached hydrogen (secondary N) is 1. The summed E-state index contributed by atoms with van der Waals surface area (Å²) in [5.41, 5.74) is 1.14. The fourth-order valence-electron chi connectivity index (χ4n) is 3.73. The molecule has 1 aliphatic carbocycles. The standard InChI is InChI=1S/C18H25NO3/c20-12-14-5-1-3-7-16(14)19-18(21)11-13-9-10-22-17-8-4-2-6-15(13)17/h2,4,6,8,13-14,16,20H,1,3,5,7,9-12H2,(H,19,21)/t13-,14-,16-/m0/s1. The minimum Gasteiger partial charge on any atom is -0.493 e. The van der Waals surface area contributed by atoms with Crippen LogP contribution in [0.25, 0.3) is 0 Å². The average molecular weight is 303 g/mol. The lowest BCUT2D eigenvalue weighted by molar-refractivity contribution is -0.123. The van der Waals surface area contributed by atoms with E-state index in [1.807, 2.05) is 18.2 Å². The number of carbonyl (C=O) groups excluding carboxylic acids is 1. The fourth-order valence-corrected chi connectivity index (χ4v) is 3.73. The number of hydrogen-bond acceptors (Lipinski definition) is 3. The lowest BCUT2D eigenvalue weighted by atomic mass is 9.84. The molecule has 1 saturated carbocycles. The SMILES string of the molecule is O=C(C[C@@H]1CCOc2ccccc21)N[C@H]1CCCC[C@H]1CO. The molecule has 1 heterocycles. The van der Waals surface area contributed by atoms with Gasteiger partial charge in [-0.3, -0.25) is 4.79 Å². The van der Waals surface area contributed by atoms with Crippen LogP contribution in [-0.2, 0) is 4.79 Å². The summed E-state index contributed by atoms with van der Waals surface area (Å²) in [4.78, 5) is 12.4. The highest BCUT2D eigenvalue weighted by molar-refractivity contribution is 5.77. The summed E-state index contributed by atoms with van der Waals surface area (Å²) in [5, 5.41) is 12.6. The van der Waals surface area contributed by atoms with Gasteiger partial charge in [0.2, 0.25) is 5.91 Å². The predicted octanol–water partition coefficient (Wildman–Crippen LogP) is 2.61. The van der Waals surface area contributed by atoms with Gasteiger partial charge in [-0.15, -0.1) is 0 Å². The van der Waals surface area contributed by atoms with Crippen molar-refractivity contribution in [1.82, 2.24) is 5.32 Å². The van der Waals surface area contributed by atoms with Crippen LogP contribution in [0.3, 0.4) is 0 Å². The van der Waals surface area contributed by atoms with Gasteiger partial charge in [-0.2, -0.15) is 0 Å². The van der Waals surface area contributed by atoms with Crippen molar-refractivity contribution in [2.45, 2.75) is 50.5 Å². The van der Waals surface area contributed by atoms with Crippen LogP contribution in [0.15, 0.2) is 24.3 Å². The molecule has 0 spiro atoms. The Hall–Kier alpha value is -1.55. The van der Waals surface area contributed by atoms with E-state index in [0.717, 1.165) is 43.4 Å². The second-order valence-electron chi connectivity index (χ2n) is 6.48. The maximum atomic E-state index is 12.4. The zero-order valence-corrected chi connectivity index (χ0v) is 13.0. The number of ether oxygens (including phenoxy) is 1. The Kier molecular flexibility index (Phi) is 4.98. The second kappa shape index (κ2) is 7.14. The van der Waals surface area contributed by atoms with Crippen molar-refractivity contribution in [2.75, 3.05) is 13.2 Å². The quantitative estimate of drug-likeness (QED) is 0.899. The van der Waals surface area contributed by atoms with E-state index >= 15 is 0 Å². The topological polar surface area (TPSA) is 58.6 Å². The highest BCUT2D eigenvalue weighted by atomic mass is 16.5. The normalized spacial score (nSPS) is 27.6. The van der Waals surface area contributed by atoms with Crippen molar-refractivity contribution in [3.05, 3.63) is 29.8 Å². The third-order valence-electron chi connectivity index (χ3n) is 5.00. The molecule has 2 aliphatic rings. The number of carbonyl (C=O) groups is 1. The third-order valence-corrected chi connectivity index (χ3v) is 5.00. The molecular formula is C18H25NO3. The summed E-state index contributed by atoms with van der Waals surface area (Å²) in [7, 11) is 0. The van der Waals surface area contributed by atoms with E-state index in [-0.39, 0.29) is 30.4 Å². The Morgan fingerprint density at radius 2 is 2.05 bits per heavy atom. The molecule has 4 heteroatoms. The molecule has 2 N–H and O–H groups in total. The number of rotatable bonds is 4. The largest absolute Gasteiger partial charge is 0.493 e. The molecule has 1 aromatic carbocycles. The first-order chi connectivity index (χ1) is 10.8. The zero-order chi connectivity index (χ0) is 15.4. The van der Waals surface area contributed by atoms with Gasteiger partial charge < -0.3 is 15.2 Å². The van der Waals surface area contributed by atoms with Crippen molar-refractivity contribution in [2.24, 2.45) is 5.92 Å². The molecule has 1 amide bonds. The summed E-state index contributed by atoms with van der Waals surface area (Å²) >= 11 is 0. The van der Waals surface area contributed by atoms with Gasteiger partial charge in [0.15, 0.2) is 0 Å². The Balaban J connectivity index is 1.60. The van der Waals surface area contributed by atoms with Crippen LogP contribution < -0.4 is 10.1 Å². The number of para-hydroxylation sites is 1. The monoisotopic (exact) mass is 303 g/mol. The second-order valence-corrected chi connectivity index (χ2v) is 6.48. The molecule has 0 saturated heterocycles.